The van der Waals surface area contributed by atoms with Gasteiger partial charge >= 0.3 is 0 Å². The summed E-state index contributed by atoms with van der Waals surface area (Å²) in [5.74, 6) is -0.363. The number of amides is 1. The SMILES string of the molecule is CC(C)(C)NS(=O)(=O)c1ccc(C(=O)Nc2ccc(C#N)cc2)cc1. The molecule has 0 atom stereocenters. The van der Waals surface area contributed by atoms with Crippen molar-refractivity contribution in [3.63, 3.8) is 0 Å². The molecule has 0 bridgehead atoms. The highest BCUT2D eigenvalue weighted by Gasteiger charge is 2.22. The zero-order valence-electron chi connectivity index (χ0n) is 14.2. The molecule has 0 aliphatic rings. The van der Waals surface area contributed by atoms with E-state index in [1.165, 1.54) is 24.3 Å². The van der Waals surface area contributed by atoms with Gasteiger partial charge in [-0.2, -0.15) is 5.26 Å². The molecule has 0 heterocycles. The minimum atomic E-state index is -3.64. The van der Waals surface area contributed by atoms with Crippen LogP contribution in [0.1, 0.15) is 36.7 Å². The molecule has 1 amide bonds. The van der Waals surface area contributed by atoms with E-state index >= 15 is 0 Å². The third-order valence-corrected chi connectivity index (χ3v) is 4.91. The highest BCUT2D eigenvalue weighted by Crippen LogP contribution is 2.15. The highest BCUT2D eigenvalue weighted by molar-refractivity contribution is 7.89. The van der Waals surface area contributed by atoms with Crippen molar-refractivity contribution in [3.8, 4) is 6.07 Å². The fraction of sp³-hybridized carbons (Fsp3) is 0.222. The summed E-state index contributed by atoms with van der Waals surface area (Å²) in [6.45, 7) is 5.26. The third-order valence-electron chi connectivity index (χ3n) is 3.14. The number of benzene rings is 2. The molecule has 2 aromatic rings. The first-order chi connectivity index (χ1) is 11.6. The van der Waals surface area contributed by atoms with Crippen LogP contribution >= 0.6 is 0 Å². The zero-order chi connectivity index (χ0) is 18.7. The van der Waals surface area contributed by atoms with Crippen LogP contribution in [-0.4, -0.2) is 19.9 Å². The molecule has 0 spiro atoms. The summed E-state index contributed by atoms with van der Waals surface area (Å²) in [5.41, 5.74) is 0.790. The Kier molecular flexibility index (Phi) is 5.26. The molecule has 2 N–H and O–H groups in total. The second-order valence-corrected chi connectivity index (χ2v) is 8.21. The minimum Gasteiger partial charge on any atom is -0.322 e. The van der Waals surface area contributed by atoms with E-state index in [9.17, 15) is 13.2 Å². The standard InChI is InChI=1S/C18H19N3O3S/c1-18(2,3)21-25(23,24)16-10-6-14(7-11-16)17(22)20-15-8-4-13(12-19)5-9-15/h4-11,21H,1-3H3,(H,20,22). The lowest BCUT2D eigenvalue weighted by molar-refractivity contribution is 0.102. The molecule has 25 heavy (non-hydrogen) atoms. The number of rotatable bonds is 4. The molecule has 0 saturated heterocycles. The van der Waals surface area contributed by atoms with Crippen LogP contribution in [0.5, 0.6) is 0 Å². The van der Waals surface area contributed by atoms with E-state index in [0.717, 1.165) is 0 Å². The van der Waals surface area contributed by atoms with Crippen molar-refractivity contribution in [3.05, 3.63) is 59.7 Å². The highest BCUT2D eigenvalue weighted by atomic mass is 32.2. The van der Waals surface area contributed by atoms with Gasteiger partial charge in [-0.05, 0) is 69.3 Å². The number of nitrogens with zero attached hydrogens (tertiary/aromatic N) is 1. The Morgan fingerprint density at radius 1 is 1.00 bits per heavy atom. The first-order valence-electron chi connectivity index (χ1n) is 7.56. The second kappa shape index (κ2) is 7.05. The smallest absolute Gasteiger partial charge is 0.255 e. The van der Waals surface area contributed by atoms with Crippen molar-refractivity contribution in [2.75, 3.05) is 5.32 Å². The molecule has 6 nitrogen and oxygen atoms in total. The lowest BCUT2D eigenvalue weighted by Crippen LogP contribution is -2.40. The van der Waals surface area contributed by atoms with E-state index in [0.29, 0.717) is 16.8 Å². The average molecular weight is 357 g/mol. The topological polar surface area (TPSA) is 99.1 Å². The van der Waals surface area contributed by atoms with Gasteiger partial charge < -0.3 is 5.32 Å². The molecule has 2 rings (SSSR count). The average Bonchev–Trinajstić information content (AvgIpc) is 2.53. The molecule has 0 aromatic heterocycles. The van der Waals surface area contributed by atoms with Crippen molar-refractivity contribution in [2.24, 2.45) is 0 Å². The minimum absolute atomic E-state index is 0.0948. The Hall–Kier alpha value is -2.69. The maximum atomic E-state index is 12.2. The maximum Gasteiger partial charge on any atom is 0.255 e. The monoisotopic (exact) mass is 357 g/mol. The molecule has 2 aromatic carbocycles. The summed E-state index contributed by atoms with van der Waals surface area (Å²) in [6.07, 6.45) is 0. The van der Waals surface area contributed by atoms with Crippen LogP contribution in [0, 0.1) is 11.3 Å². The largest absolute Gasteiger partial charge is 0.322 e. The van der Waals surface area contributed by atoms with Gasteiger partial charge in [0, 0.05) is 16.8 Å². The molecular weight excluding hydrogens is 338 g/mol. The van der Waals surface area contributed by atoms with Crippen LogP contribution in [0.4, 0.5) is 5.69 Å². The van der Waals surface area contributed by atoms with Gasteiger partial charge in [0.05, 0.1) is 16.5 Å². The Labute approximate surface area is 147 Å². The Balaban J connectivity index is 2.13. The molecular formula is C18H19N3O3S. The molecule has 0 radical (unpaired) electrons. The number of hydrogen-bond acceptors (Lipinski definition) is 4. The number of carbonyl (C=O) groups is 1. The van der Waals surface area contributed by atoms with Crippen molar-refractivity contribution < 1.29 is 13.2 Å². The van der Waals surface area contributed by atoms with Gasteiger partial charge in [-0.15, -0.1) is 0 Å². The van der Waals surface area contributed by atoms with Crippen molar-refractivity contribution in [1.82, 2.24) is 4.72 Å². The number of carbonyl (C=O) groups excluding carboxylic acids is 1. The van der Waals surface area contributed by atoms with Crippen LogP contribution in [0.3, 0.4) is 0 Å². The number of nitrogens with one attached hydrogen (secondary N) is 2. The fourth-order valence-electron chi connectivity index (χ4n) is 2.08. The van der Waals surface area contributed by atoms with E-state index in [4.69, 9.17) is 5.26 Å². The summed E-state index contributed by atoms with van der Waals surface area (Å²) in [7, 11) is -3.64. The summed E-state index contributed by atoms with van der Waals surface area (Å²) < 4.78 is 27.0. The number of hydrogen-bond donors (Lipinski definition) is 2. The summed E-state index contributed by atoms with van der Waals surface area (Å²) >= 11 is 0. The van der Waals surface area contributed by atoms with Gasteiger partial charge in [-0.1, -0.05) is 0 Å². The summed E-state index contributed by atoms with van der Waals surface area (Å²) in [4.78, 5) is 12.3. The molecule has 0 saturated carbocycles. The summed E-state index contributed by atoms with van der Waals surface area (Å²) in [6, 6.07) is 14.1. The van der Waals surface area contributed by atoms with Gasteiger partial charge in [0.25, 0.3) is 5.91 Å². The van der Waals surface area contributed by atoms with E-state index in [2.05, 4.69) is 10.0 Å². The normalized spacial score (nSPS) is 11.6. The van der Waals surface area contributed by atoms with Crippen molar-refractivity contribution in [1.29, 1.82) is 5.26 Å². The van der Waals surface area contributed by atoms with Crippen LogP contribution in [0.15, 0.2) is 53.4 Å². The number of anilines is 1. The molecule has 7 heteroatoms. The predicted octanol–water partition coefficient (Wildman–Crippen LogP) is 2.89. The lowest BCUT2D eigenvalue weighted by Gasteiger charge is -2.20. The quantitative estimate of drug-likeness (QED) is 0.879. The van der Waals surface area contributed by atoms with E-state index in [-0.39, 0.29) is 10.8 Å². The zero-order valence-corrected chi connectivity index (χ0v) is 15.0. The van der Waals surface area contributed by atoms with E-state index in [1.54, 1.807) is 45.0 Å². The van der Waals surface area contributed by atoms with E-state index < -0.39 is 15.6 Å². The Bertz CT molecular complexity index is 904. The van der Waals surface area contributed by atoms with Gasteiger partial charge in [-0.3, -0.25) is 4.79 Å². The van der Waals surface area contributed by atoms with Gasteiger partial charge in [0.15, 0.2) is 0 Å². The van der Waals surface area contributed by atoms with E-state index in [1.807, 2.05) is 6.07 Å². The van der Waals surface area contributed by atoms with Crippen molar-refractivity contribution >= 4 is 21.6 Å². The first kappa shape index (κ1) is 18.6. The number of sulfonamides is 1. The molecule has 0 aliphatic heterocycles. The van der Waals surface area contributed by atoms with Gasteiger partial charge in [0.2, 0.25) is 10.0 Å². The number of nitriles is 1. The predicted molar refractivity (Wildman–Crippen MR) is 95.6 cm³/mol. The third kappa shape index (κ3) is 5.14. The molecule has 0 fully saturated rings. The van der Waals surface area contributed by atoms with Gasteiger partial charge in [0.1, 0.15) is 0 Å². The fourth-order valence-corrected chi connectivity index (χ4v) is 3.50. The first-order valence-corrected chi connectivity index (χ1v) is 9.05. The van der Waals surface area contributed by atoms with Gasteiger partial charge in [-0.25, -0.2) is 13.1 Å². The van der Waals surface area contributed by atoms with Crippen molar-refractivity contribution in [2.45, 2.75) is 31.2 Å². The lowest BCUT2D eigenvalue weighted by atomic mass is 10.1. The summed E-state index contributed by atoms with van der Waals surface area (Å²) in [5, 5.41) is 11.5. The van der Waals surface area contributed by atoms with Crippen LogP contribution in [0.25, 0.3) is 0 Å². The Morgan fingerprint density at radius 2 is 1.56 bits per heavy atom. The molecule has 0 unspecified atom stereocenters. The van der Waals surface area contributed by atoms with Crippen LogP contribution < -0.4 is 10.0 Å². The maximum absolute atomic E-state index is 12.2. The molecule has 130 valence electrons. The second-order valence-electron chi connectivity index (χ2n) is 6.52. The molecule has 0 aliphatic carbocycles. The van der Waals surface area contributed by atoms with Crippen LogP contribution in [0.2, 0.25) is 0 Å². The van der Waals surface area contributed by atoms with Crippen LogP contribution in [-0.2, 0) is 10.0 Å². The Morgan fingerprint density at radius 3 is 2.04 bits per heavy atom.